The summed E-state index contributed by atoms with van der Waals surface area (Å²) in [6, 6.07) is 27.8. The summed E-state index contributed by atoms with van der Waals surface area (Å²) < 4.78 is 9.88. The second kappa shape index (κ2) is 9.91. The highest BCUT2D eigenvalue weighted by atomic mass is 32.1. The molecule has 0 fully saturated rings. The molecule has 0 amide bonds. The summed E-state index contributed by atoms with van der Waals surface area (Å²) in [7, 11) is 0. The summed E-state index contributed by atoms with van der Waals surface area (Å²) in [4.78, 5) is 1.57. The number of nitrogens with one attached hydrogen (secondary N) is 1. The summed E-state index contributed by atoms with van der Waals surface area (Å²) in [5, 5.41) is 21.8. The van der Waals surface area contributed by atoms with Crippen LogP contribution in [0.2, 0.25) is 0 Å². The third-order valence-electron chi connectivity index (χ3n) is 6.15. The van der Waals surface area contributed by atoms with Crippen molar-refractivity contribution in [3.05, 3.63) is 107 Å². The smallest absolute Gasteiger partial charge is 0.204 e. The van der Waals surface area contributed by atoms with Crippen molar-refractivity contribution >= 4 is 17.9 Å². The zero-order chi connectivity index (χ0) is 26.1. The van der Waals surface area contributed by atoms with Crippen LogP contribution in [0.5, 0.6) is 0 Å². The van der Waals surface area contributed by atoms with Gasteiger partial charge in [-0.3, -0.25) is 4.57 Å². The van der Waals surface area contributed by atoms with Gasteiger partial charge in [0, 0.05) is 11.4 Å². The molecule has 38 heavy (non-hydrogen) atoms. The van der Waals surface area contributed by atoms with Crippen LogP contribution in [0.15, 0.2) is 95.6 Å². The summed E-state index contributed by atoms with van der Waals surface area (Å²) in [6.07, 6.45) is 1.67. The maximum atomic E-state index is 5.92. The Balaban J connectivity index is 1.45. The lowest BCUT2D eigenvalue weighted by Gasteiger charge is -2.07. The number of hydrogen-bond acceptors (Lipinski definition) is 7. The second-order valence-electron chi connectivity index (χ2n) is 8.79. The molecule has 1 N–H and O–H groups in total. The molecule has 0 aliphatic heterocycles. The minimum atomic E-state index is 0.387. The number of para-hydroxylation sites is 2. The van der Waals surface area contributed by atoms with E-state index in [1.54, 1.807) is 15.7 Å². The minimum Gasteiger partial charge on any atom is -0.366 e. The van der Waals surface area contributed by atoms with Gasteiger partial charge < -0.3 is 9.84 Å². The van der Waals surface area contributed by atoms with Gasteiger partial charge in [0.05, 0.1) is 17.4 Å². The van der Waals surface area contributed by atoms with Crippen molar-refractivity contribution in [2.24, 2.45) is 0 Å². The Labute approximate surface area is 224 Å². The number of hydrogen-bond donors (Lipinski definition) is 1. The van der Waals surface area contributed by atoms with Crippen molar-refractivity contribution in [3.8, 4) is 34.2 Å². The molecule has 0 saturated heterocycles. The summed E-state index contributed by atoms with van der Waals surface area (Å²) in [5.41, 5.74) is 5.72. The largest absolute Gasteiger partial charge is 0.366 e. The Morgan fingerprint density at radius 2 is 1.53 bits per heavy atom. The average Bonchev–Trinajstić information content (AvgIpc) is 3.66. The van der Waals surface area contributed by atoms with Crippen molar-refractivity contribution < 1.29 is 4.52 Å². The lowest BCUT2D eigenvalue weighted by atomic mass is 10.1. The number of rotatable bonds is 7. The molecule has 0 aliphatic carbocycles. The molecule has 188 valence electrons. The first-order valence-corrected chi connectivity index (χ1v) is 12.5. The first-order chi connectivity index (χ1) is 18.6. The van der Waals surface area contributed by atoms with Crippen molar-refractivity contribution in [2.75, 3.05) is 5.32 Å². The minimum absolute atomic E-state index is 0.387. The highest BCUT2D eigenvalue weighted by molar-refractivity contribution is 7.71. The fraction of sp³-hybridized carbons (Fsp3) is 0.107. The van der Waals surface area contributed by atoms with Gasteiger partial charge in [-0.15, -0.1) is 10.2 Å². The van der Waals surface area contributed by atoms with E-state index in [1.807, 2.05) is 84.3 Å². The average molecular weight is 521 g/mol. The van der Waals surface area contributed by atoms with Crippen LogP contribution in [-0.2, 0) is 6.67 Å². The predicted octanol–water partition coefficient (Wildman–Crippen LogP) is 5.99. The summed E-state index contributed by atoms with van der Waals surface area (Å²) >= 11 is 5.92. The van der Waals surface area contributed by atoms with E-state index in [-0.39, 0.29) is 0 Å². The van der Waals surface area contributed by atoms with E-state index in [0.29, 0.717) is 40.0 Å². The number of benzene rings is 3. The van der Waals surface area contributed by atoms with Crippen LogP contribution in [0.3, 0.4) is 0 Å². The molecule has 0 saturated carbocycles. The van der Waals surface area contributed by atoms with Crippen LogP contribution in [0, 0.1) is 18.6 Å². The molecule has 10 heteroatoms. The van der Waals surface area contributed by atoms with Gasteiger partial charge >= 0.3 is 0 Å². The van der Waals surface area contributed by atoms with Gasteiger partial charge in [-0.05, 0) is 62.5 Å². The fourth-order valence-corrected chi connectivity index (χ4v) is 4.48. The highest BCUT2D eigenvalue weighted by Gasteiger charge is 2.26. The number of nitrogens with zero attached hydrogens (tertiary/aromatic N) is 7. The normalized spacial score (nSPS) is 11.1. The summed E-state index contributed by atoms with van der Waals surface area (Å²) in [6.45, 7) is 4.30. The molecule has 6 rings (SSSR count). The Hall–Kier alpha value is -4.83. The van der Waals surface area contributed by atoms with Crippen molar-refractivity contribution in [3.63, 3.8) is 0 Å². The molecule has 9 nitrogen and oxygen atoms in total. The molecule has 0 unspecified atom stereocenters. The Bertz CT molecular complexity index is 1750. The van der Waals surface area contributed by atoms with Crippen LogP contribution >= 0.6 is 12.2 Å². The summed E-state index contributed by atoms with van der Waals surface area (Å²) in [5.74, 6) is 1.21. The van der Waals surface area contributed by atoms with E-state index in [1.165, 1.54) is 5.56 Å². The quantitative estimate of drug-likeness (QED) is 0.258. The van der Waals surface area contributed by atoms with E-state index in [2.05, 4.69) is 39.7 Å². The van der Waals surface area contributed by atoms with E-state index < -0.39 is 0 Å². The zero-order valence-electron chi connectivity index (χ0n) is 20.8. The Kier molecular flexibility index (Phi) is 6.14. The van der Waals surface area contributed by atoms with E-state index in [9.17, 15) is 0 Å². The molecular weight excluding hydrogens is 496 g/mol. The molecule has 0 radical (unpaired) electrons. The molecule has 3 aromatic heterocycles. The monoisotopic (exact) mass is 520 g/mol. The predicted molar refractivity (Wildman–Crippen MR) is 148 cm³/mol. The topological polar surface area (TPSA) is 91.5 Å². The van der Waals surface area contributed by atoms with Gasteiger partial charge in [-0.1, -0.05) is 59.3 Å². The molecule has 0 atom stereocenters. The van der Waals surface area contributed by atoms with E-state index in [0.717, 1.165) is 17.1 Å². The van der Waals surface area contributed by atoms with Crippen molar-refractivity contribution in [1.29, 1.82) is 0 Å². The molecular formula is C28H24N8OS. The van der Waals surface area contributed by atoms with Gasteiger partial charge in [-0.25, -0.2) is 4.68 Å². The van der Waals surface area contributed by atoms with Gasteiger partial charge in [-0.2, -0.15) is 9.90 Å². The third kappa shape index (κ3) is 4.41. The third-order valence-corrected chi connectivity index (χ3v) is 6.54. The zero-order valence-corrected chi connectivity index (χ0v) is 21.6. The maximum Gasteiger partial charge on any atom is 0.204 e. The maximum absolute atomic E-state index is 5.92. The highest BCUT2D eigenvalue weighted by Crippen LogP contribution is 2.34. The standard InChI is InChI=1S/C28H24N8OS/c1-19-13-15-21(16-14-19)29-18-34-28(38)35(22-9-5-3-6-10-22)27(32-34)25-20(2)37-33-26(25)24-17-30-36(31-24)23-11-7-4-8-12-23/h3-17,29H,18H2,1-2H3. The van der Waals surface area contributed by atoms with Crippen molar-refractivity contribution in [2.45, 2.75) is 20.5 Å². The van der Waals surface area contributed by atoms with Crippen LogP contribution in [0.4, 0.5) is 5.69 Å². The molecule has 3 heterocycles. The molecule has 0 aliphatic rings. The molecule has 3 aromatic carbocycles. The fourth-order valence-electron chi connectivity index (χ4n) is 4.19. The first kappa shape index (κ1) is 23.6. The van der Waals surface area contributed by atoms with Crippen LogP contribution in [0.25, 0.3) is 34.2 Å². The van der Waals surface area contributed by atoms with E-state index in [4.69, 9.17) is 21.8 Å². The SMILES string of the molecule is Cc1ccc(NCn2nc(-c3c(-c4cnn(-c5ccccc5)n4)noc3C)n(-c3ccccc3)c2=S)cc1. The van der Waals surface area contributed by atoms with Crippen LogP contribution in [0.1, 0.15) is 11.3 Å². The van der Waals surface area contributed by atoms with Gasteiger partial charge in [0.15, 0.2) is 5.82 Å². The Morgan fingerprint density at radius 1 is 0.842 bits per heavy atom. The van der Waals surface area contributed by atoms with Crippen molar-refractivity contribution in [1.82, 2.24) is 34.5 Å². The van der Waals surface area contributed by atoms with Gasteiger partial charge in [0.2, 0.25) is 4.77 Å². The second-order valence-corrected chi connectivity index (χ2v) is 9.16. The van der Waals surface area contributed by atoms with E-state index >= 15 is 0 Å². The van der Waals surface area contributed by atoms with Crippen LogP contribution in [-0.4, -0.2) is 34.5 Å². The molecule has 0 spiro atoms. The first-order valence-electron chi connectivity index (χ1n) is 12.1. The number of aromatic nitrogens is 7. The number of aryl methyl sites for hydroxylation is 2. The molecule has 6 aromatic rings. The van der Waals surface area contributed by atoms with Gasteiger partial charge in [0.1, 0.15) is 23.8 Å². The Morgan fingerprint density at radius 3 is 2.24 bits per heavy atom. The lowest BCUT2D eigenvalue weighted by molar-refractivity contribution is 0.400. The number of anilines is 1. The van der Waals surface area contributed by atoms with Gasteiger partial charge in [0.25, 0.3) is 0 Å². The van der Waals surface area contributed by atoms with Crippen LogP contribution < -0.4 is 5.32 Å². The molecule has 0 bridgehead atoms. The lowest BCUT2D eigenvalue weighted by Crippen LogP contribution is -2.10.